The third kappa shape index (κ3) is 21.4. The third-order valence-corrected chi connectivity index (χ3v) is 13.8. The first-order valence-electron chi connectivity index (χ1n) is 28.5. The molecular weight excluding hydrogens is 1110 g/mol. The summed E-state index contributed by atoms with van der Waals surface area (Å²) in [7, 11) is 5.43. The summed E-state index contributed by atoms with van der Waals surface area (Å²) in [4.78, 5) is 123. The summed E-state index contributed by atoms with van der Waals surface area (Å²) in [5, 5.41) is 22.0. The van der Waals surface area contributed by atoms with Crippen LogP contribution in [0.4, 0.5) is 22.7 Å². The molecule has 18 N–H and O–H groups in total. The lowest BCUT2D eigenvalue weighted by Gasteiger charge is -2.22. The van der Waals surface area contributed by atoms with E-state index in [-0.39, 0.29) is 93.0 Å². The van der Waals surface area contributed by atoms with Crippen LogP contribution in [0.2, 0.25) is 0 Å². The molecular formula is C60H85N13O13. The lowest BCUT2D eigenvalue weighted by molar-refractivity contribution is -0.119. The Balaban J connectivity index is 1.56. The monoisotopic (exact) mass is 1200 g/mol. The predicted molar refractivity (Wildman–Crippen MR) is 327 cm³/mol. The van der Waals surface area contributed by atoms with Gasteiger partial charge in [-0.2, -0.15) is 0 Å². The number of amides is 8. The molecule has 0 bridgehead atoms. The number of carbonyl (C=O) groups is 9. The van der Waals surface area contributed by atoms with Crippen molar-refractivity contribution in [2.45, 2.75) is 121 Å². The summed E-state index contributed by atoms with van der Waals surface area (Å²) in [6.45, 7) is 4.30. The maximum absolute atomic E-state index is 14.3. The highest BCUT2D eigenvalue weighted by atomic mass is 16.5. The number of nitrogens with one attached hydrogen (secondary N) is 8. The minimum absolute atomic E-state index is 0.0282. The number of rotatable bonds is 37. The van der Waals surface area contributed by atoms with Gasteiger partial charge in [0.2, 0.25) is 23.6 Å². The molecule has 5 atom stereocenters. The molecule has 0 saturated carbocycles. The Hall–Kier alpha value is -8.69. The average Bonchev–Trinajstić information content (AvgIpc) is 2.47. The Kier molecular flexibility index (Phi) is 29.4. The first-order valence-corrected chi connectivity index (χ1v) is 28.5. The van der Waals surface area contributed by atoms with Crippen LogP contribution in [0.1, 0.15) is 132 Å². The van der Waals surface area contributed by atoms with E-state index in [1.165, 1.54) is 109 Å². The highest BCUT2D eigenvalue weighted by Gasteiger charge is 2.29. The molecule has 0 radical (unpaired) electrons. The zero-order valence-electron chi connectivity index (χ0n) is 49.8. The Morgan fingerprint density at radius 3 is 0.895 bits per heavy atom. The van der Waals surface area contributed by atoms with Gasteiger partial charge in [-0.3, -0.25) is 43.2 Å². The fourth-order valence-electron chi connectivity index (χ4n) is 8.78. The van der Waals surface area contributed by atoms with Gasteiger partial charge in [0, 0.05) is 22.7 Å². The van der Waals surface area contributed by atoms with Crippen LogP contribution in [0.15, 0.2) is 72.8 Å². The van der Waals surface area contributed by atoms with Crippen molar-refractivity contribution in [1.29, 1.82) is 0 Å². The van der Waals surface area contributed by atoms with Crippen molar-refractivity contribution in [2.75, 3.05) is 75.9 Å². The van der Waals surface area contributed by atoms with E-state index in [0.717, 1.165) is 0 Å². The predicted octanol–water partition coefficient (Wildman–Crippen LogP) is 3.42. The third-order valence-electron chi connectivity index (χ3n) is 13.8. The number of unbranched alkanes of at least 4 members (excludes halogenated alkanes) is 4. The van der Waals surface area contributed by atoms with Gasteiger partial charge in [0.25, 0.3) is 23.6 Å². The molecule has 4 aromatic carbocycles. The van der Waals surface area contributed by atoms with Gasteiger partial charge in [-0.15, -0.1) is 0 Å². The normalized spacial score (nSPS) is 12.6. The van der Waals surface area contributed by atoms with E-state index in [4.69, 9.17) is 47.6 Å². The molecule has 0 saturated heterocycles. The van der Waals surface area contributed by atoms with E-state index in [1.807, 2.05) is 0 Å². The lowest BCUT2D eigenvalue weighted by atomic mass is 10.1. The average molecular weight is 1200 g/mol. The van der Waals surface area contributed by atoms with E-state index < -0.39 is 77.5 Å². The maximum atomic E-state index is 14.3. The van der Waals surface area contributed by atoms with Crippen LogP contribution in [0.5, 0.6) is 23.0 Å². The smallest absolute Gasteiger partial charge is 0.255 e. The number of benzene rings is 4. The second-order valence-electron chi connectivity index (χ2n) is 20.2. The summed E-state index contributed by atoms with van der Waals surface area (Å²) in [5.74, 6) is -4.86. The SMILES string of the molecule is COc1ccc(NC(=O)[C@H](CCCCN)NC(=O)c2cc(NC(=O)[C@@H](N)CCCCN)ccc2OC)cc1C(=O)N[C@@H](CCCCN)C(=O)Nc1ccc(OC)c(C(=O)N[C@@H](CCCCN)C(=O)Nc2ccc(OC)c(C(=O)N[C@H](C)C(C)=O)c2)c1. The number of hydrogen-bond donors (Lipinski definition) is 13. The number of Topliss-reactive ketones (excluding diaryl/α,β-unsaturated/α-hetero) is 1. The first-order chi connectivity index (χ1) is 41.2. The van der Waals surface area contributed by atoms with Crippen molar-refractivity contribution in [3.05, 3.63) is 95.1 Å². The molecule has 0 aromatic heterocycles. The largest absolute Gasteiger partial charge is 0.496 e. The van der Waals surface area contributed by atoms with Crippen molar-refractivity contribution in [3.8, 4) is 23.0 Å². The molecule has 0 spiro atoms. The van der Waals surface area contributed by atoms with E-state index in [0.29, 0.717) is 84.0 Å². The molecule has 0 unspecified atom stereocenters. The molecule has 4 aromatic rings. The van der Waals surface area contributed by atoms with Gasteiger partial charge in [0.05, 0.1) is 62.8 Å². The Labute approximate surface area is 501 Å². The van der Waals surface area contributed by atoms with Gasteiger partial charge >= 0.3 is 0 Å². The second-order valence-corrected chi connectivity index (χ2v) is 20.2. The minimum Gasteiger partial charge on any atom is -0.496 e. The maximum Gasteiger partial charge on any atom is 0.255 e. The molecule has 86 heavy (non-hydrogen) atoms. The van der Waals surface area contributed by atoms with Crippen LogP contribution in [-0.2, 0) is 24.0 Å². The highest BCUT2D eigenvalue weighted by molar-refractivity contribution is 6.08. The van der Waals surface area contributed by atoms with Gasteiger partial charge in [0.15, 0.2) is 5.78 Å². The van der Waals surface area contributed by atoms with Crippen LogP contribution >= 0.6 is 0 Å². The van der Waals surface area contributed by atoms with Crippen molar-refractivity contribution < 1.29 is 62.1 Å². The molecule has 468 valence electrons. The molecule has 26 nitrogen and oxygen atoms in total. The van der Waals surface area contributed by atoms with E-state index >= 15 is 0 Å². The standard InChI is InChI=1S/C60H85N13O13/c1-35(36(2)74)66-53(75)41-32-38(20-24-49(41)83-3)68-58(80)46(16-8-12-28-62)72-55(77)43-34-40(22-26-51(43)85-5)70-60(82)48(18-10-14-30-64)73-56(78)44-33-39(21-25-52(44)86-6)69-59(81)47(17-9-13-29-63)71-54(76)42-31-37(19-23-50(42)84-4)67-57(79)45(65)15-7-11-27-61/h19-26,31-35,45-48H,7-18,27-30,61-65H2,1-6H3,(H,66,75)(H,67,79)(H,68,80)(H,69,81)(H,70,82)(H,71,76)(H,72,77)(H,73,78)/t35-,45+,46+,47+,48+/m1/s1. The quantitative estimate of drug-likeness (QED) is 0.0288. The van der Waals surface area contributed by atoms with Gasteiger partial charge < -0.3 is 90.2 Å². The Morgan fingerprint density at radius 2 is 0.640 bits per heavy atom. The molecule has 0 heterocycles. The van der Waals surface area contributed by atoms with E-state index in [9.17, 15) is 43.2 Å². The number of anilines is 4. The number of carbonyl (C=O) groups excluding carboxylic acids is 9. The summed E-state index contributed by atoms with van der Waals surface area (Å²) >= 11 is 0. The molecule has 8 amide bonds. The van der Waals surface area contributed by atoms with Gasteiger partial charge in [0.1, 0.15) is 41.1 Å². The van der Waals surface area contributed by atoms with Crippen LogP contribution in [0.25, 0.3) is 0 Å². The zero-order valence-corrected chi connectivity index (χ0v) is 49.8. The van der Waals surface area contributed by atoms with E-state index in [2.05, 4.69) is 42.5 Å². The summed E-state index contributed by atoms with van der Waals surface area (Å²) in [6.07, 6.45) is 5.15. The highest BCUT2D eigenvalue weighted by Crippen LogP contribution is 2.28. The van der Waals surface area contributed by atoms with Crippen molar-refractivity contribution in [3.63, 3.8) is 0 Å². The minimum atomic E-state index is -1.18. The number of nitrogens with two attached hydrogens (primary N) is 5. The molecule has 0 fully saturated rings. The van der Waals surface area contributed by atoms with Gasteiger partial charge in [-0.05, 0) is 183 Å². The fraction of sp³-hybridized carbons (Fsp3) is 0.450. The molecule has 0 aliphatic heterocycles. The van der Waals surface area contributed by atoms with Gasteiger partial charge in [-0.25, -0.2) is 0 Å². The lowest BCUT2D eigenvalue weighted by Crippen LogP contribution is -2.44. The van der Waals surface area contributed by atoms with Crippen molar-refractivity contribution in [2.24, 2.45) is 28.7 Å². The fourth-order valence-corrected chi connectivity index (χ4v) is 8.78. The van der Waals surface area contributed by atoms with Crippen LogP contribution in [0, 0.1) is 0 Å². The van der Waals surface area contributed by atoms with Crippen LogP contribution in [-0.4, -0.2) is 138 Å². The van der Waals surface area contributed by atoms with Crippen LogP contribution < -0.4 is 90.2 Å². The first kappa shape index (κ1) is 69.8. The van der Waals surface area contributed by atoms with Gasteiger partial charge in [-0.1, -0.05) is 6.42 Å². The number of hydrogen-bond acceptors (Lipinski definition) is 18. The topological polar surface area (TPSA) is 417 Å². The zero-order chi connectivity index (χ0) is 63.3. The number of ether oxygens (including phenoxy) is 4. The number of methoxy groups -OCH3 is 4. The summed E-state index contributed by atoms with van der Waals surface area (Å²) in [5.41, 5.74) is 29.8. The Bertz CT molecular complexity index is 2980. The molecule has 26 heteroatoms. The number of ketones is 1. The summed E-state index contributed by atoms with van der Waals surface area (Å²) in [6, 6.07) is 12.4. The second kappa shape index (κ2) is 36.2. The Morgan fingerprint density at radius 1 is 0.384 bits per heavy atom. The molecule has 0 aliphatic rings. The molecule has 0 aliphatic carbocycles. The van der Waals surface area contributed by atoms with Crippen molar-refractivity contribution in [1.82, 2.24) is 21.3 Å². The van der Waals surface area contributed by atoms with Crippen LogP contribution in [0.3, 0.4) is 0 Å². The molecule has 4 rings (SSSR count). The van der Waals surface area contributed by atoms with E-state index in [1.54, 1.807) is 6.07 Å². The summed E-state index contributed by atoms with van der Waals surface area (Å²) < 4.78 is 21.9. The van der Waals surface area contributed by atoms with Crippen molar-refractivity contribution >= 4 is 75.8 Å².